The third-order valence-electron chi connectivity index (χ3n) is 3.19. The van der Waals surface area contributed by atoms with Crippen molar-refractivity contribution in [3.63, 3.8) is 0 Å². The highest BCUT2D eigenvalue weighted by atomic mass is 19.4. The van der Waals surface area contributed by atoms with E-state index in [-0.39, 0.29) is 6.54 Å². The van der Waals surface area contributed by atoms with Gasteiger partial charge in [0.25, 0.3) is 0 Å². The van der Waals surface area contributed by atoms with Crippen molar-refractivity contribution in [2.45, 2.75) is 12.6 Å². The van der Waals surface area contributed by atoms with Gasteiger partial charge in [-0.1, -0.05) is 0 Å². The molecule has 1 N–H and O–H groups in total. The highest BCUT2D eigenvalue weighted by Crippen LogP contribution is 2.21. The molecule has 0 spiro atoms. The molecule has 0 aliphatic carbocycles. The summed E-state index contributed by atoms with van der Waals surface area (Å²) >= 11 is 0. The highest BCUT2D eigenvalue weighted by molar-refractivity contribution is 5.76. The van der Waals surface area contributed by atoms with E-state index in [1.807, 2.05) is 0 Å². The molecule has 0 aromatic carbocycles. The Morgan fingerprint density at radius 3 is 2.59 bits per heavy atom. The molecule has 0 aromatic rings. The Morgan fingerprint density at radius 2 is 2.00 bits per heavy atom. The van der Waals surface area contributed by atoms with Crippen LogP contribution in [0.2, 0.25) is 0 Å². The normalized spacial score (nSPS) is 26.1. The van der Waals surface area contributed by atoms with E-state index in [0.717, 1.165) is 24.4 Å². The van der Waals surface area contributed by atoms with Crippen LogP contribution in [0.25, 0.3) is 0 Å². The van der Waals surface area contributed by atoms with Crippen LogP contribution in [0.1, 0.15) is 6.42 Å². The van der Waals surface area contributed by atoms with Gasteiger partial charge < -0.3 is 15.1 Å². The molecule has 2 fully saturated rings. The van der Waals surface area contributed by atoms with Crippen LogP contribution in [0.15, 0.2) is 0 Å². The smallest absolute Gasteiger partial charge is 0.323 e. The summed E-state index contributed by atoms with van der Waals surface area (Å²) in [6.45, 7) is 1.80. The molecule has 2 saturated heterocycles. The number of hydrogen-bond donors (Lipinski definition) is 1. The maximum atomic E-state index is 12.2. The van der Waals surface area contributed by atoms with E-state index in [1.165, 1.54) is 4.90 Å². The molecule has 2 aliphatic rings. The first-order valence-electron chi connectivity index (χ1n) is 5.77. The van der Waals surface area contributed by atoms with Crippen LogP contribution < -0.4 is 5.32 Å². The van der Waals surface area contributed by atoms with E-state index in [0.29, 0.717) is 19.0 Å². The lowest BCUT2D eigenvalue weighted by molar-refractivity contribution is -0.138. The van der Waals surface area contributed by atoms with E-state index in [2.05, 4.69) is 5.32 Å². The van der Waals surface area contributed by atoms with Crippen molar-refractivity contribution in [3.05, 3.63) is 0 Å². The predicted octanol–water partition coefficient (Wildman–Crippen LogP) is 0.896. The zero-order valence-corrected chi connectivity index (χ0v) is 9.46. The zero-order chi connectivity index (χ0) is 12.5. The Hall–Kier alpha value is -0.980. The average Bonchev–Trinajstić information content (AvgIpc) is 2.81. The van der Waals surface area contributed by atoms with Crippen LogP contribution >= 0.6 is 0 Å². The quantitative estimate of drug-likeness (QED) is 0.808. The van der Waals surface area contributed by atoms with Gasteiger partial charge in [-0.05, 0) is 25.4 Å². The molecule has 2 amide bonds. The van der Waals surface area contributed by atoms with Gasteiger partial charge in [-0.3, -0.25) is 0 Å². The molecule has 1 unspecified atom stereocenters. The summed E-state index contributed by atoms with van der Waals surface area (Å²) in [5.41, 5.74) is 0. The fraction of sp³-hybridized carbons (Fsp3) is 0.900. The van der Waals surface area contributed by atoms with Crippen LogP contribution in [0, 0.1) is 5.92 Å². The lowest BCUT2D eigenvalue weighted by Crippen LogP contribution is -2.39. The molecule has 0 saturated carbocycles. The Labute approximate surface area is 97.7 Å². The molecule has 2 rings (SSSR count). The molecule has 2 aliphatic heterocycles. The largest absolute Gasteiger partial charge is 0.406 e. The molecule has 98 valence electrons. The minimum Gasteiger partial charge on any atom is -0.323 e. The second-order valence-corrected chi connectivity index (χ2v) is 4.62. The lowest BCUT2D eigenvalue weighted by Gasteiger charge is -2.21. The van der Waals surface area contributed by atoms with E-state index in [9.17, 15) is 18.0 Å². The number of urea groups is 1. The van der Waals surface area contributed by atoms with Gasteiger partial charge in [0.1, 0.15) is 6.54 Å². The minimum absolute atomic E-state index is 0.179. The predicted molar refractivity (Wildman–Crippen MR) is 55.6 cm³/mol. The number of carbonyl (C=O) groups is 1. The van der Waals surface area contributed by atoms with Crippen LogP contribution in [0.3, 0.4) is 0 Å². The first kappa shape index (κ1) is 12.5. The molecular formula is C10H16F3N3O. The summed E-state index contributed by atoms with van der Waals surface area (Å²) in [7, 11) is 0. The van der Waals surface area contributed by atoms with Crippen molar-refractivity contribution in [2.75, 3.05) is 39.3 Å². The molecule has 0 bridgehead atoms. The van der Waals surface area contributed by atoms with Crippen molar-refractivity contribution in [3.8, 4) is 0 Å². The fourth-order valence-electron chi connectivity index (χ4n) is 2.35. The van der Waals surface area contributed by atoms with E-state index < -0.39 is 18.8 Å². The Morgan fingerprint density at radius 1 is 1.29 bits per heavy atom. The molecule has 7 heteroatoms. The summed E-state index contributed by atoms with van der Waals surface area (Å²) in [4.78, 5) is 14.1. The summed E-state index contributed by atoms with van der Waals surface area (Å²) in [6.07, 6.45) is -3.32. The Balaban J connectivity index is 1.84. The number of nitrogens with one attached hydrogen (secondary N) is 1. The number of carbonyl (C=O) groups excluding carboxylic acids is 1. The van der Waals surface area contributed by atoms with Gasteiger partial charge in [0.05, 0.1) is 0 Å². The molecule has 17 heavy (non-hydrogen) atoms. The zero-order valence-electron chi connectivity index (χ0n) is 9.46. The summed E-state index contributed by atoms with van der Waals surface area (Å²) in [5, 5.41) is 3.18. The minimum atomic E-state index is -4.30. The van der Waals surface area contributed by atoms with Gasteiger partial charge in [-0.25, -0.2) is 4.79 Å². The van der Waals surface area contributed by atoms with Gasteiger partial charge in [-0.15, -0.1) is 0 Å². The monoisotopic (exact) mass is 251 g/mol. The van der Waals surface area contributed by atoms with Gasteiger partial charge in [0.2, 0.25) is 0 Å². The SMILES string of the molecule is O=C1N(CC2CCNC2)CCN1CC(F)(F)F. The molecule has 1 atom stereocenters. The standard InChI is InChI=1S/C10H16F3N3O/c11-10(12,13)7-16-4-3-15(9(16)17)6-8-1-2-14-5-8/h8,14H,1-7H2. The lowest BCUT2D eigenvalue weighted by atomic mass is 10.1. The van der Waals surface area contributed by atoms with Crippen LogP contribution in [-0.2, 0) is 0 Å². The van der Waals surface area contributed by atoms with E-state index >= 15 is 0 Å². The Kier molecular flexibility index (Phi) is 3.46. The van der Waals surface area contributed by atoms with E-state index in [4.69, 9.17) is 0 Å². The molecule has 0 aromatic heterocycles. The third-order valence-corrected chi connectivity index (χ3v) is 3.19. The molecular weight excluding hydrogens is 235 g/mol. The summed E-state index contributed by atoms with van der Waals surface area (Å²) < 4.78 is 36.6. The van der Waals surface area contributed by atoms with Crippen molar-refractivity contribution >= 4 is 6.03 Å². The number of hydrogen-bond acceptors (Lipinski definition) is 2. The summed E-state index contributed by atoms with van der Waals surface area (Å²) in [5.74, 6) is 0.379. The Bertz CT molecular complexity index is 289. The van der Waals surface area contributed by atoms with Gasteiger partial charge >= 0.3 is 12.2 Å². The van der Waals surface area contributed by atoms with Crippen molar-refractivity contribution < 1.29 is 18.0 Å². The number of nitrogens with zero attached hydrogens (tertiary/aromatic N) is 2. The molecule has 4 nitrogen and oxygen atoms in total. The second-order valence-electron chi connectivity index (χ2n) is 4.62. The third kappa shape index (κ3) is 3.24. The topological polar surface area (TPSA) is 35.6 Å². The first-order chi connectivity index (χ1) is 7.96. The van der Waals surface area contributed by atoms with Gasteiger partial charge in [0, 0.05) is 19.6 Å². The molecule has 2 heterocycles. The number of rotatable bonds is 3. The van der Waals surface area contributed by atoms with Crippen molar-refractivity contribution in [1.29, 1.82) is 0 Å². The van der Waals surface area contributed by atoms with Crippen LogP contribution in [-0.4, -0.2) is 61.3 Å². The fourth-order valence-corrected chi connectivity index (χ4v) is 2.35. The van der Waals surface area contributed by atoms with Crippen LogP contribution in [0.5, 0.6) is 0 Å². The summed E-state index contributed by atoms with van der Waals surface area (Å²) in [6, 6.07) is -0.478. The highest BCUT2D eigenvalue weighted by Gasteiger charge is 2.38. The van der Waals surface area contributed by atoms with E-state index in [1.54, 1.807) is 0 Å². The maximum Gasteiger partial charge on any atom is 0.406 e. The van der Waals surface area contributed by atoms with Crippen LogP contribution in [0.4, 0.5) is 18.0 Å². The number of halogens is 3. The second kappa shape index (κ2) is 4.72. The first-order valence-corrected chi connectivity index (χ1v) is 5.77. The van der Waals surface area contributed by atoms with Gasteiger partial charge in [-0.2, -0.15) is 13.2 Å². The average molecular weight is 251 g/mol. The van der Waals surface area contributed by atoms with Gasteiger partial charge in [0.15, 0.2) is 0 Å². The molecule has 0 radical (unpaired) electrons. The maximum absolute atomic E-state index is 12.2. The van der Waals surface area contributed by atoms with Crippen molar-refractivity contribution in [2.24, 2.45) is 5.92 Å². The van der Waals surface area contributed by atoms with Crippen molar-refractivity contribution in [1.82, 2.24) is 15.1 Å². The number of amides is 2. The number of alkyl halides is 3.